The quantitative estimate of drug-likeness (QED) is 0.0261. The van der Waals surface area contributed by atoms with E-state index in [1.165, 1.54) is 148 Å². The van der Waals surface area contributed by atoms with E-state index in [4.69, 9.17) is 14.2 Å². The first kappa shape index (κ1) is 76.1. The second-order valence-electron chi connectivity index (χ2n) is 22.3. The average Bonchev–Trinajstić information content (AvgIpc) is 3.46. The molecule has 0 aromatic carbocycles. The van der Waals surface area contributed by atoms with Crippen LogP contribution in [0.1, 0.15) is 323 Å². The van der Waals surface area contributed by atoms with Gasteiger partial charge >= 0.3 is 17.9 Å². The van der Waals surface area contributed by atoms with Crippen LogP contribution < -0.4 is 0 Å². The van der Waals surface area contributed by atoms with Crippen molar-refractivity contribution < 1.29 is 28.6 Å². The standard InChI is InChI=1S/C74H126O6/c1-4-7-10-13-16-19-22-25-28-30-32-34-36-37-39-40-42-44-46-49-52-55-58-61-64-67-73(76)79-70-71(69-78-72(75)66-63-60-57-54-51-48-27-24-21-18-15-12-9-6-3)80-74(77)68-65-62-59-56-53-50-47-45-43-41-38-35-33-31-29-26-23-20-17-14-11-8-5-2/h8,11,15,17-18,20,24,26-27,29-30,32-33,35,41,43,47,50,71H,4-7,9-10,12-14,16,19,21-23,25,28,31,34,36-40,42,44-46,48-49,51-70H2,1-3H3/b11-8-,18-15-,20-17-,27-24-,29-26-,32-30-,35-33-,43-41-,50-47-. The van der Waals surface area contributed by atoms with Crippen LogP contribution in [-0.2, 0) is 28.6 Å². The third-order valence-corrected chi connectivity index (χ3v) is 14.5. The summed E-state index contributed by atoms with van der Waals surface area (Å²) in [5.41, 5.74) is 0. The predicted molar refractivity (Wildman–Crippen MR) is 348 cm³/mol. The lowest BCUT2D eigenvalue weighted by atomic mass is 10.0. The molecule has 0 radical (unpaired) electrons. The van der Waals surface area contributed by atoms with Crippen molar-refractivity contribution >= 4 is 17.9 Å². The highest BCUT2D eigenvalue weighted by Gasteiger charge is 2.19. The van der Waals surface area contributed by atoms with E-state index < -0.39 is 6.10 Å². The summed E-state index contributed by atoms with van der Waals surface area (Å²) in [7, 11) is 0. The number of unbranched alkanes of at least 4 members (excludes halogenated alkanes) is 32. The van der Waals surface area contributed by atoms with Crippen molar-refractivity contribution in [3.8, 4) is 0 Å². The lowest BCUT2D eigenvalue weighted by molar-refractivity contribution is -0.167. The molecule has 1 atom stereocenters. The molecule has 0 heterocycles. The number of hydrogen-bond acceptors (Lipinski definition) is 6. The predicted octanol–water partition coefficient (Wildman–Crippen LogP) is 23.4. The summed E-state index contributed by atoms with van der Waals surface area (Å²) in [4.78, 5) is 38.4. The Morgan fingerprint density at radius 3 is 0.812 bits per heavy atom. The van der Waals surface area contributed by atoms with Crippen molar-refractivity contribution in [3.05, 3.63) is 109 Å². The maximum atomic E-state index is 12.9. The fraction of sp³-hybridized carbons (Fsp3) is 0.716. The summed E-state index contributed by atoms with van der Waals surface area (Å²) in [5.74, 6) is -0.923. The average molecular weight is 1110 g/mol. The molecule has 6 heteroatoms. The molecule has 0 saturated carbocycles. The van der Waals surface area contributed by atoms with E-state index in [2.05, 4.69) is 130 Å². The third-order valence-electron chi connectivity index (χ3n) is 14.5. The number of rotatable bonds is 61. The number of allylic oxidation sites excluding steroid dienone is 18. The van der Waals surface area contributed by atoms with Gasteiger partial charge in [0.1, 0.15) is 13.2 Å². The van der Waals surface area contributed by atoms with Gasteiger partial charge in [0.2, 0.25) is 0 Å². The summed E-state index contributed by atoms with van der Waals surface area (Å²) in [6, 6.07) is 0. The van der Waals surface area contributed by atoms with Gasteiger partial charge in [-0.25, -0.2) is 0 Å². The van der Waals surface area contributed by atoms with E-state index in [1.54, 1.807) is 0 Å². The Labute approximate surface area is 495 Å². The molecule has 0 rings (SSSR count). The molecule has 0 spiro atoms. The van der Waals surface area contributed by atoms with Gasteiger partial charge in [-0.1, -0.05) is 291 Å². The second-order valence-corrected chi connectivity index (χ2v) is 22.3. The van der Waals surface area contributed by atoms with Gasteiger partial charge in [0.05, 0.1) is 0 Å². The van der Waals surface area contributed by atoms with E-state index in [-0.39, 0.29) is 31.1 Å². The minimum atomic E-state index is -0.801. The van der Waals surface area contributed by atoms with E-state index >= 15 is 0 Å². The number of esters is 3. The smallest absolute Gasteiger partial charge is 0.306 e. The largest absolute Gasteiger partial charge is 0.462 e. The highest BCUT2D eigenvalue weighted by atomic mass is 16.6. The summed E-state index contributed by atoms with van der Waals surface area (Å²) in [5, 5.41) is 0. The van der Waals surface area contributed by atoms with Crippen molar-refractivity contribution in [3.63, 3.8) is 0 Å². The van der Waals surface area contributed by atoms with Crippen LogP contribution in [0.3, 0.4) is 0 Å². The highest BCUT2D eigenvalue weighted by molar-refractivity contribution is 5.71. The molecule has 80 heavy (non-hydrogen) atoms. The van der Waals surface area contributed by atoms with E-state index in [1.807, 2.05) is 0 Å². The first-order chi connectivity index (χ1) is 39.5. The summed E-state index contributed by atoms with van der Waals surface area (Å²) >= 11 is 0. The van der Waals surface area contributed by atoms with Gasteiger partial charge < -0.3 is 14.2 Å². The van der Waals surface area contributed by atoms with Crippen LogP contribution in [0.15, 0.2) is 109 Å². The monoisotopic (exact) mass is 1110 g/mol. The van der Waals surface area contributed by atoms with Crippen molar-refractivity contribution in [2.24, 2.45) is 0 Å². The first-order valence-corrected chi connectivity index (χ1v) is 33.9. The molecule has 0 bridgehead atoms. The van der Waals surface area contributed by atoms with Gasteiger partial charge in [-0.2, -0.15) is 0 Å². The van der Waals surface area contributed by atoms with Gasteiger partial charge in [0, 0.05) is 19.3 Å². The minimum absolute atomic E-state index is 0.0931. The fourth-order valence-corrected chi connectivity index (χ4v) is 9.40. The molecule has 0 N–H and O–H groups in total. The molecular formula is C74H126O6. The highest BCUT2D eigenvalue weighted by Crippen LogP contribution is 2.16. The van der Waals surface area contributed by atoms with Gasteiger partial charge in [-0.3, -0.25) is 14.4 Å². The number of hydrogen-bond donors (Lipinski definition) is 0. The Hall–Kier alpha value is -3.93. The molecule has 0 amide bonds. The fourth-order valence-electron chi connectivity index (χ4n) is 9.40. The van der Waals surface area contributed by atoms with Crippen LogP contribution >= 0.6 is 0 Å². The Kier molecular flexibility index (Phi) is 64.3. The van der Waals surface area contributed by atoms with Crippen molar-refractivity contribution in [1.29, 1.82) is 0 Å². The van der Waals surface area contributed by atoms with Crippen LogP contribution in [-0.4, -0.2) is 37.2 Å². The van der Waals surface area contributed by atoms with Crippen molar-refractivity contribution in [2.75, 3.05) is 13.2 Å². The lowest BCUT2D eigenvalue weighted by Crippen LogP contribution is -2.30. The van der Waals surface area contributed by atoms with Gasteiger partial charge in [-0.05, 0) is 122 Å². The minimum Gasteiger partial charge on any atom is -0.462 e. The zero-order chi connectivity index (χ0) is 57.8. The normalized spacial score (nSPS) is 12.8. The Balaban J connectivity index is 4.38. The van der Waals surface area contributed by atoms with Crippen LogP contribution in [0.5, 0.6) is 0 Å². The van der Waals surface area contributed by atoms with Gasteiger partial charge in [-0.15, -0.1) is 0 Å². The summed E-state index contributed by atoms with van der Waals surface area (Å²) in [6.45, 7) is 6.48. The van der Waals surface area contributed by atoms with E-state index in [0.29, 0.717) is 19.3 Å². The maximum Gasteiger partial charge on any atom is 0.306 e. The molecule has 6 nitrogen and oxygen atoms in total. The Morgan fingerprint density at radius 2 is 0.500 bits per heavy atom. The summed E-state index contributed by atoms with van der Waals surface area (Å²) in [6.07, 6.45) is 92.5. The molecule has 0 aliphatic rings. The van der Waals surface area contributed by atoms with Crippen LogP contribution in [0.25, 0.3) is 0 Å². The zero-order valence-corrected chi connectivity index (χ0v) is 52.6. The third kappa shape index (κ3) is 64.9. The van der Waals surface area contributed by atoms with E-state index in [0.717, 1.165) is 135 Å². The molecular weight excluding hydrogens is 985 g/mol. The van der Waals surface area contributed by atoms with Crippen LogP contribution in [0.2, 0.25) is 0 Å². The molecule has 0 aliphatic carbocycles. The zero-order valence-electron chi connectivity index (χ0n) is 52.6. The van der Waals surface area contributed by atoms with Gasteiger partial charge in [0.25, 0.3) is 0 Å². The molecule has 0 aromatic heterocycles. The van der Waals surface area contributed by atoms with E-state index in [9.17, 15) is 14.4 Å². The molecule has 0 aromatic rings. The maximum absolute atomic E-state index is 12.9. The van der Waals surface area contributed by atoms with Crippen LogP contribution in [0, 0.1) is 0 Å². The van der Waals surface area contributed by atoms with Crippen molar-refractivity contribution in [1.82, 2.24) is 0 Å². The molecule has 0 saturated heterocycles. The van der Waals surface area contributed by atoms with Gasteiger partial charge in [0.15, 0.2) is 6.10 Å². The SMILES string of the molecule is CC/C=C\C/C=C\C/C=C\C/C=C\C/C=C\C/C=C\CCCCCCC(=O)OC(COC(=O)CCCCCCC/C=C\C/C=C\CCCC)COC(=O)CCCCCCCCCCCCCCC/C=C\CCCCCCCCCC. The first-order valence-electron chi connectivity index (χ1n) is 33.9. The molecule has 1 unspecified atom stereocenters. The molecule has 458 valence electrons. The second kappa shape index (κ2) is 67.6. The Morgan fingerprint density at radius 1 is 0.263 bits per heavy atom. The lowest BCUT2D eigenvalue weighted by Gasteiger charge is -2.18. The van der Waals surface area contributed by atoms with Crippen molar-refractivity contribution in [2.45, 2.75) is 329 Å². The molecule has 0 aliphatic heterocycles. The topological polar surface area (TPSA) is 78.9 Å². The number of carbonyl (C=O) groups is 3. The Bertz CT molecular complexity index is 1610. The number of carbonyl (C=O) groups excluding carboxylic acids is 3. The summed E-state index contributed by atoms with van der Waals surface area (Å²) < 4.78 is 16.9. The molecule has 0 fully saturated rings. The number of ether oxygens (including phenoxy) is 3. The van der Waals surface area contributed by atoms with Crippen LogP contribution in [0.4, 0.5) is 0 Å².